The third-order valence-corrected chi connectivity index (χ3v) is 9.02. The fourth-order valence-electron chi connectivity index (χ4n) is 6.57. The van der Waals surface area contributed by atoms with E-state index >= 15 is 0 Å². The number of benzene rings is 2. The molecule has 9 heteroatoms. The predicted octanol–water partition coefficient (Wildman–Crippen LogP) is 4.99. The molecule has 0 bridgehead atoms. The molecule has 0 spiro atoms. The molecule has 9 nitrogen and oxygen atoms in total. The molecule has 1 amide bonds. The smallest absolute Gasteiger partial charge is 0.224 e. The minimum Gasteiger partial charge on any atom is -0.495 e. The quantitative estimate of drug-likeness (QED) is 0.309. The maximum atomic E-state index is 12.7. The Bertz CT molecular complexity index is 1520. The molecule has 3 heterocycles. The SMILES string of the molecule is COc1cc(-c2cn(C3CCC(N4CCN(C)CC4)CC3)c3ncnc(N)c23)ccc1NC(=O)CCc1ccccc1. The largest absolute Gasteiger partial charge is 0.495 e. The number of anilines is 2. The minimum atomic E-state index is -0.0497. The summed E-state index contributed by atoms with van der Waals surface area (Å²) in [6.45, 7) is 4.64. The van der Waals surface area contributed by atoms with Crippen LogP contribution in [-0.2, 0) is 11.2 Å². The van der Waals surface area contributed by atoms with E-state index in [1.54, 1.807) is 13.4 Å². The van der Waals surface area contributed by atoms with E-state index in [0.29, 0.717) is 42.2 Å². The van der Waals surface area contributed by atoms with Gasteiger partial charge in [-0.2, -0.15) is 0 Å². The highest BCUT2D eigenvalue weighted by Crippen LogP contribution is 2.40. The molecule has 1 aliphatic carbocycles. The van der Waals surface area contributed by atoms with E-state index in [4.69, 9.17) is 15.5 Å². The second kappa shape index (κ2) is 12.5. The molecule has 1 aliphatic heterocycles. The number of carbonyl (C=O) groups is 1. The molecule has 1 saturated heterocycles. The van der Waals surface area contributed by atoms with Gasteiger partial charge in [-0.15, -0.1) is 0 Å². The first kappa shape index (κ1) is 28.2. The lowest BCUT2D eigenvalue weighted by Crippen LogP contribution is -2.49. The Labute approximate surface area is 247 Å². The van der Waals surface area contributed by atoms with Crippen LogP contribution in [0.15, 0.2) is 61.1 Å². The van der Waals surface area contributed by atoms with Crippen molar-refractivity contribution in [2.24, 2.45) is 0 Å². The third kappa shape index (κ3) is 5.98. The molecule has 4 aromatic rings. The summed E-state index contributed by atoms with van der Waals surface area (Å²) in [5, 5.41) is 3.89. The van der Waals surface area contributed by atoms with Crippen LogP contribution in [0.1, 0.15) is 43.7 Å². The van der Waals surface area contributed by atoms with Crippen molar-refractivity contribution in [3.63, 3.8) is 0 Å². The molecule has 3 N–H and O–H groups in total. The lowest BCUT2D eigenvalue weighted by Gasteiger charge is -2.41. The topological polar surface area (TPSA) is 102 Å². The van der Waals surface area contributed by atoms with Gasteiger partial charge in [-0.25, -0.2) is 9.97 Å². The molecule has 2 fully saturated rings. The van der Waals surface area contributed by atoms with E-state index in [0.717, 1.165) is 66.7 Å². The van der Waals surface area contributed by atoms with E-state index < -0.39 is 0 Å². The molecule has 6 rings (SSSR count). The van der Waals surface area contributed by atoms with E-state index in [1.165, 1.54) is 12.8 Å². The van der Waals surface area contributed by atoms with Gasteiger partial charge >= 0.3 is 0 Å². The van der Waals surface area contributed by atoms with Gasteiger partial charge in [0.25, 0.3) is 0 Å². The van der Waals surface area contributed by atoms with Crippen LogP contribution in [-0.4, -0.2) is 76.6 Å². The number of hydrogen-bond acceptors (Lipinski definition) is 7. The zero-order valence-electron chi connectivity index (χ0n) is 24.6. The van der Waals surface area contributed by atoms with Crippen molar-refractivity contribution in [2.75, 3.05) is 51.4 Å². The number of rotatable bonds is 8. The van der Waals surface area contributed by atoms with Gasteiger partial charge in [0.2, 0.25) is 5.91 Å². The van der Waals surface area contributed by atoms with Crippen molar-refractivity contribution in [1.29, 1.82) is 0 Å². The lowest BCUT2D eigenvalue weighted by atomic mass is 9.89. The van der Waals surface area contributed by atoms with Crippen LogP contribution < -0.4 is 15.8 Å². The Balaban J connectivity index is 1.21. The second-order valence-corrected chi connectivity index (χ2v) is 11.7. The van der Waals surface area contributed by atoms with Crippen LogP contribution in [0, 0.1) is 0 Å². The highest BCUT2D eigenvalue weighted by Gasteiger charge is 2.30. The van der Waals surface area contributed by atoms with Gasteiger partial charge in [0.05, 0.1) is 18.2 Å². The Kier molecular flexibility index (Phi) is 8.39. The van der Waals surface area contributed by atoms with Crippen molar-refractivity contribution in [3.05, 3.63) is 66.6 Å². The Morgan fingerprint density at radius 1 is 1.00 bits per heavy atom. The Morgan fingerprint density at radius 3 is 2.48 bits per heavy atom. The average molecular weight is 568 g/mol. The number of piperazine rings is 1. The van der Waals surface area contributed by atoms with E-state index in [1.807, 2.05) is 48.5 Å². The maximum absolute atomic E-state index is 12.7. The van der Waals surface area contributed by atoms with E-state index in [2.05, 4.69) is 37.9 Å². The zero-order valence-corrected chi connectivity index (χ0v) is 24.6. The molecule has 2 aromatic carbocycles. The number of likely N-dealkylation sites (N-methyl/N-ethyl adjacent to an activating group) is 1. The Hall–Kier alpha value is -3.95. The fraction of sp³-hybridized carbons (Fsp3) is 0.424. The average Bonchev–Trinajstić information content (AvgIpc) is 3.42. The molecule has 0 radical (unpaired) electrons. The van der Waals surface area contributed by atoms with Gasteiger partial charge in [-0.05, 0) is 62.4 Å². The molecule has 1 saturated carbocycles. The first-order valence-corrected chi connectivity index (χ1v) is 15.1. The zero-order chi connectivity index (χ0) is 29.1. The molecule has 0 unspecified atom stereocenters. The number of aromatic nitrogens is 3. The molecular weight excluding hydrogens is 526 g/mol. The van der Waals surface area contributed by atoms with Crippen LogP contribution in [0.5, 0.6) is 5.75 Å². The van der Waals surface area contributed by atoms with Gasteiger partial charge in [0, 0.05) is 56.4 Å². The molecule has 2 aromatic heterocycles. The predicted molar refractivity (Wildman–Crippen MR) is 168 cm³/mol. The maximum Gasteiger partial charge on any atom is 0.224 e. The van der Waals surface area contributed by atoms with Crippen molar-refractivity contribution >= 4 is 28.4 Å². The number of hydrogen-bond donors (Lipinski definition) is 2. The summed E-state index contributed by atoms with van der Waals surface area (Å²) in [6.07, 6.45) is 9.43. The van der Waals surface area contributed by atoms with Crippen molar-refractivity contribution in [2.45, 2.75) is 50.6 Å². The summed E-state index contributed by atoms with van der Waals surface area (Å²) in [6, 6.07) is 16.9. The van der Waals surface area contributed by atoms with E-state index in [-0.39, 0.29) is 5.91 Å². The number of nitrogens with two attached hydrogens (primary N) is 1. The normalized spacial score (nSPS) is 20.0. The van der Waals surface area contributed by atoms with Crippen molar-refractivity contribution < 1.29 is 9.53 Å². The standard InChI is InChI=1S/C33H41N7O2/c1-38-16-18-39(19-17-38)25-10-12-26(13-11-25)40-21-27(31-32(34)35-22-36-33(31)40)24-9-14-28(29(20-24)42-2)37-30(41)15-8-23-6-4-3-5-7-23/h3-7,9,14,20-22,25-26H,8,10-13,15-19H2,1-2H3,(H,37,41)(H2,34,35,36). The number of nitrogens with zero attached hydrogens (tertiary/aromatic N) is 5. The summed E-state index contributed by atoms with van der Waals surface area (Å²) < 4.78 is 8.04. The van der Waals surface area contributed by atoms with Gasteiger partial charge in [0.1, 0.15) is 23.5 Å². The first-order valence-electron chi connectivity index (χ1n) is 15.1. The number of methoxy groups -OCH3 is 1. The Morgan fingerprint density at radius 2 is 1.74 bits per heavy atom. The number of amides is 1. The van der Waals surface area contributed by atoms with E-state index in [9.17, 15) is 4.79 Å². The van der Waals surface area contributed by atoms with Gasteiger partial charge < -0.3 is 25.3 Å². The summed E-state index contributed by atoms with van der Waals surface area (Å²) in [5.74, 6) is 1.02. The molecule has 2 aliphatic rings. The monoisotopic (exact) mass is 567 g/mol. The van der Waals surface area contributed by atoms with Crippen LogP contribution in [0.2, 0.25) is 0 Å². The number of nitrogens with one attached hydrogen (secondary N) is 1. The van der Waals surface area contributed by atoms with Crippen LogP contribution >= 0.6 is 0 Å². The van der Waals surface area contributed by atoms with Gasteiger partial charge in [-0.3, -0.25) is 9.69 Å². The third-order valence-electron chi connectivity index (χ3n) is 9.02. The first-order chi connectivity index (χ1) is 20.5. The number of fused-ring (bicyclic) bond motifs is 1. The lowest BCUT2D eigenvalue weighted by molar-refractivity contribution is -0.116. The summed E-state index contributed by atoms with van der Waals surface area (Å²) in [4.78, 5) is 26.9. The molecular formula is C33H41N7O2. The van der Waals surface area contributed by atoms with Crippen LogP contribution in [0.25, 0.3) is 22.2 Å². The van der Waals surface area contributed by atoms with Crippen molar-refractivity contribution in [1.82, 2.24) is 24.3 Å². The highest BCUT2D eigenvalue weighted by atomic mass is 16.5. The molecule has 42 heavy (non-hydrogen) atoms. The number of ether oxygens (including phenoxy) is 1. The second-order valence-electron chi connectivity index (χ2n) is 11.7. The summed E-state index contributed by atoms with van der Waals surface area (Å²) in [5.41, 5.74) is 11.0. The number of carbonyl (C=O) groups excluding carboxylic acids is 1. The fourth-order valence-corrected chi connectivity index (χ4v) is 6.57. The highest BCUT2D eigenvalue weighted by molar-refractivity contribution is 6.01. The minimum absolute atomic E-state index is 0.0497. The van der Waals surface area contributed by atoms with Gasteiger partial charge in [0.15, 0.2) is 0 Å². The van der Waals surface area contributed by atoms with Crippen molar-refractivity contribution in [3.8, 4) is 16.9 Å². The molecule has 0 atom stereocenters. The molecule has 220 valence electrons. The number of nitrogen functional groups attached to an aromatic ring is 1. The summed E-state index contributed by atoms with van der Waals surface area (Å²) in [7, 11) is 3.83. The van der Waals surface area contributed by atoms with Crippen LogP contribution in [0.3, 0.4) is 0 Å². The number of aryl methyl sites for hydroxylation is 1. The summed E-state index contributed by atoms with van der Waals surface area (Å²) >= 11 is 0. The van der Waals surface area contributed by atoms with Gasteiger partial charge in [-0.1, -0.05) is 36.4 Å². The van der Waals surface area contributed by atoms with Crippen LogP contribution in [0.4, 0.5) is 11.5 Å².